The minimum Gasteiger partial charge on any atom is -0.325 e. The van der Waals surface area contributed by atoms with Gasteiger partial charge in [0.05, 0.1) is 5.75 Å². The second-order valence-electron chi connectivity index (χ2n) is 6.09. The number of carbonyl (C=O) groups excluding carboxylic acids is 1. The molecule has 27 heavy (non-hydrogen) atoms. The summed E-state index contributed by atoms with van der Waals surface area (Å²) in [7, 11) is 0. The third-order valence-corrected chi connectivity index (χ3v) is 5.09. The fourth-order valence-corrected chi connectivity index (χ4v) is 3.37. The monoisotopic (exact) mass is 379 g/mol. The van der Waals surface area contributed by atoms with Gasteiger partial charge in [-0.05, 0) is 37.1 Å². The Morgan fingerprint density at radius 2 is 1.89 bits per heavy atom. The molecule has 1 amide bonds. The quantitative estimate of drug-likeness (QED) is 0.661. The Morgan fingerprint density at radius 1 is 1.15 bits per heavy atom. The Bertz CT molecular complexity index is 997. The molecular weight excluding hydrogens is 358 g/mol. The normalized spacial score (nSPS) is 10.6. The number of rotatable bonds is 6. The molecule has 3 aromatic rings. The van der Waals surface area contributed by atoms with Crippen molar-refractivity contribution in [1.82, 2.24) is 9.55 Å². The van der Waals surface area contributed by atoms with Crippen LogP contribution in [0.1, 0.15) is 18.1 Å². The van der Waals surface area contributed by atoms with E-state index in [0.29, 0.717) is 5.03 Å². The van der Waals surface area contributed by atoms with Gasteiger partial charge >= 0.3 is 0 Å². The van der Waals surface area contributed by atoms with E-state index in [1.165, 1.54) is 0 Å². The average Bonchev–Trinajstić information content (AvgIpc) is 2.68. The lowest BCUT2D eigenvalue weighted by Crippen LogP contribution is -2.22. The zero-order chi connectivity index (χ0) is 19.2. The molecule has 6 heteroatoms. The van der Waals surface area contributed by atoms with Crippen molar-refractivity contribution in [3.05, 3.63) is 82.4 Å². The van der Waals surface area contributed by atoms with Gasteiger partial charge in [-0.25, -0.2) is 4.98 Å². The zero-order valence-electron chi connectivity index (χ0n) is 15.3. The van der Waals surface area contributed by atoms with Gasteiger partial charge in [0.2, 0.25) is 5.91 Å². The number of hydrogen-bond donors (Lipinski definition) is 1. The number of aryl methyl sites for hydroxylation is 2. The zero-order valence-corrected chi connectivity index (χ0v) is 16.1. The van der Waals surface area contributed by atoms with E-state index >= 15 is 0 Å². The Kier molecular flexibility index (Phi) is 6.08. The number of para-hydroxylation sites is 1. The summed E-state index contributed by atoms with van der Waals surface area (Å²) in [5, 5.41) is 3.21. The Balaban J connectivity index is 1.71. The molecule has 0 fully saturated rings. The molecule has 0 radical (unpaired) electrons. The summed E-state index contributed by atoms with van der Waals surface area (Å²) in [6.07, 6.45) is 4.05. The molecule has 0 unspecified atom stereocenters. The molecule has 0 spiro atoms. The number of thioether (sulfide) groups is 1. The predicted octanol–water partition coefficient (Wildman–Crippen LogP) is 3.83. The van der Waals surface area contributed by atoms with E-state index in [-0.39, 0.29) is 17.2 Å². The maximum atomic E-state index is 12.7. The van der Waals surface area contributed by atoms with Crippen LogP contribution in [0.2, 0.25) is 0 Å². The predicted molar refractivity (Wildman–Crippen MR) is 110 cm³/mol. The molecule has 0 saturated heterocycles. The van der Waals surface area contributed by atoms with E-state index in [1.54, 1.807) is 17.0 Å². The van der Waals surface area contributed by atoms with Crippen molar-refractivity contribution in [2.45, 2.75) is 25.3 Å². The van der Waals surface area contributed by atoms with Gasteiger partial charge in [-0.3, -0.25) is 14.2 Å². The van der Waals surface area contributed by atoms with Crippen LogP contribution in [-0.2, 0) is 11.2 Å². The first-order valence-electron chi connectivity index (χ1n) is 8.73. The second-order valence-corrected chi connectivity index (χ2v) is 7.05. The van der Waals surface area contributed by atoms with Crippen molar-refractivity contribution in [3.8, 4) is 5.69 Å². The molecule has 3 rings (SSSR count). The summed E-state index contributed by atoms with van der Waals surface area (Å²) in [5.41, 5.74) is 3.56. The Hall–Kier alpha value is -2.86. The lowest BCUT2D eigenvalue weighted by molar-refractivity contribution is -0.113. The molecule has 0 atom stereocenters. The van der Waals surface area contributed by atoms with Gasteiger partial charge in [0, 0.05) is 23.8 Å². The third kappa shape index (κ3) is 4.65. The highest BCUT2D eigenvalue weighted by molar-refractivity contribution is 7.99. The van der Waals surface area contributed by atoms with Crippen LogP contribution in [-0.4, -0.2) is 21.2 Å². The van der Waals surface area contributed by atoms with E-state index in [9.17, 15) is 9.59 Å². The summed E-state index contributed by atoms with van der Waals surface area (Å²) >= 11 is 1.14. The van der Waals surface area contributed by atoms with Crippen LogP contribution < -0.4 is 10.9 Å². The van der Waals surface area contributed by atoms with Crippen LogP contribution in [0.4, 0.5) is 5.69 Å². The van der Waals surface area contributed by atoms with Crippen molar-refractivity contribution in [1.29, 1.82) is 0 Å². The van der Waals surface area contributed by atoms with E-state index in [2.05, 4.69) is 10.3 Å². The molecule has 1 aromatic heterocycles. The van der Waals surface area contributed by atoms with Gasteiger partial charge < -0.3 is 5.32 Å². The Labute approximate surface area is 162 Å². The van der Waals surface area contributed by atoms with Gasteiger partial charge in [0.25, 0.3) is 5.56 Å². The first-order valence-corrected chi connectivity index (χ1v) is 9.72. The van der Waals surface area contributed by atoms with Crippen LogP contribution in [0, 0.1) is 6.92 Å². The molecule has 138 valence electrons. The fourth-order valence-electron chi connectivity index (χ4n) is 2.67. The molecular formula is C21H21N3O2S. The number of benzene rings is 2. The highest BCUT2D eigenvalue weighted by Crippen LogP contribution is 2.17. The average molecular weight is 379 g/mol. The first kappa shape index (κ1) is 18.9. The summed E-state index contributed by atoms with van der Waals surface area (Å²) in [4.78, 5) is 29.1. The van der Waals surface area contributed by atoms with Crippen LogP contribution in [0.3, 0.4) is 0 Å². The van der Waals surface area contributed by atoms with Crippen molar-refractivity contribution < 1.29 is 4.79 Å². The fraction of sp³-hybridized carbons (Fsp3) is 0.190. The van der Waals surface area contributed by atoms with E-state index in [4.69, 9.17) is 0 Å². The summed E-state index contributed by atoms with van der Waals surface area (Å²) in [6.45, 7) is 4.04. The lowest BCUT2D eigenvalue weighted by atomic mass is 10.1. The van der Waals surface area contributed by atoms with Gasteiger partial charge in [0.15, 0.2) is 5.03 Å². The molecule has 0 saturated carbocycles. The minimum atomic E-state index is -0.229. The smallest absolute Gasteiger partial charge is 0.287 e. The van der Waals surface area contributed by atoms with Gasteiger partial charge in [-0.2, -0.15) is 0 Å². The minimum absolute atomic E-state index is 0.123. The van der Waals surface area contributed by atoms with Gasteiger partial charge in [-0.15, -0.1) is 0 Å². The van der Waals surface area contributed by atoms with Crippen molar-refractivity contribution >= 4 is 23.4 Å². The largest absolute Gasteiger partial charge is 0.325 e. The van der Waals surface area contributed by atoms with E-state index in [1.807, 2.05) is 62.4 Å². The number of anilines is 1. The summed E-state index contributed by atoms with van der Waals surface area (Å²) in [5.74, 6) is -0.0362. The molecule has 0 aliphatic rings. The maximum Gasteiger partial charge on any atom is 0.287 e. The lowest BCUT2D eigenvalue weighted by Gasteiger charge is -2.10. The number of hydrogen-bond acceptors (Lipinski definition) is 4. The number of aromatic nitrogens is 2. The molecule has 0 aliphatic carbocycles. The highest BCUT2D eigenvalue weighted by Gasteiger charge is 2.11. The van der Waals surface area contributed by atoms with Crippen LogP contribution in [0.15, 0.2) is 70.7 Å². The van der Waals surface area contributed by atoms with Crippen molar-refractivity contribution in [3.63, 3.8) is 0 Å². The van der Waals surface area contributed by atoms with Crippen LogP contribution in [0.25, 0.3) is 5.69 Å². The second kappa shape index (κ2) is 8.68. The number of amides is 1. The number of nitrogens with zero attached hydrogens (tertiary/aromatic N) is 2. The SMILES string of the molecule is CCc1ccccc1NC(=O)CSc1nccn(-c2ccc(C)cc2)c1=O. The molecule has 1 heterocycles. The number of nitrogens with one attached hydrogen (secondary N) is 1. The standard InChI is InChI=1S/C21H21N3O2S/c1-3-16-6-4-5-7-18(16)23-19(25)14-27-20-21(26)24(13-12-22-20)17-10-8-15(2)9-11-17/h4-13H,3,14H2,1-2H3,(H,23,25). The van der Waals surface area contributed by atoms with Crippen LogP contribution >= 0.6 is 11.8 Å². The van der Waals surface area contributed by atoms with E-state index < -0.39 is 0 Å². The van der Waals surface area contributed by atoms with Gasteiger partial charge in [0.1, 0.15) is 0 Å². The summed E-state index contributed by atoms with van der Waals surface area (Å²) < 4.78 is 1.54. The Morgan fingerprint density at radius 3 is 2.63 bits per heavy atom. The molecule has 1 N–H and O–H groups in total. The molecule has 5 nitrogen and oxygen atoms in total. The maximum absolute atomic E-state index is 12.7. The van der Waals surface area contributed by atoms with Crippen molar-refractivity contribution in [2.75, 3.05) is 11.1 Å². The van der Waals surface area contributed by atoms with E-state index in [0.717, 1.165) is 40.7 Å². The topological polar surface area (TPSA) is 64.0 Å². The molecule has 0 aliphatic heterocycles. The van der Waals surface area contributed by atoms with Crippen LogP contribution in [0.5, 0.6) is 0 Å². The first-order chi connectivity index (χ1) is 13.1. The van der Waals surface area contributed by atoms with Crippen molar-refractivity contribution in [2.24, 2.45) is 0 Å². The molecule has 0 bridgehead atoms. The molecule has 2 aromatic carbocycles. The highest BCUT2D eigenvalue weighted by atomic mass is 32.2. The third-order valence-electron chi connectivity index (χ3n) is 4.13. The van der Waals surface area contributed by atoms with Gasteiger partial charge in [-0.1, -0.05) is 54.6 Å². The number of carbonyl (C=O) groups is 1. The summed E-state index contributed by atoms with van der Waals surface area (Å²) in [6, 6.07) is 15.4.